The molecule has 1 aromatic rings. The van der Waals surface area contributed by atoms with Crippen molar-refractivity contribution >= 4 is 11.8 Å². The molecule has 1 aromatic carbocycles. The Kier molecular flexibility index (Phi) is 2.98. The molecule has 0 aromatic heterocycles. The van der Waals surface area contributed by atoms with Crippen molar-refractivity contribution in [2.45, 2.75) is 6.92 Å². The summed E-state index contributed by atoms with van der Waals surface area (Å²) in [5, 5.41) is 0. The van der Waals surface area contributed by atoms with Gasteiger partial charge in [-0.2, -0.15) is 4.58 Å². The lowest BCUT2D eigenvalue weighted by molar-refractivity contribution is -0.998. The van der Waals surface area contributed by atoms with E-state index in [-0.39, 0.29) is 10.6 Å². The van der Waals surface area contributed by atoms with Crippen LogP contribution in [0.25, 0.3) is 0 Å². The Hall–Kier alpha value is -1.68. The standard InChI is InChI=1S/C13H18N2O2/c1-11-14(2)9-10-15(11,3)17-13(16)12-7-5-4-6-8-12/h4-8H,9-10H2,1-3H3/q+2. The van der Waals surface area contributed by atoms with Gasteiger partial charge in [0.25, 0.3) is 0 Å². The number of amidine groups is 1. The van der Waals surface area contributed by atoms with Gasteiger partial charge in [-0.05, 0) is 16.8 Å². The second-order valence-corrected chi connectivity index (χ2v) is 4.54. The summed E-state index contributed by atoms with van der Waals surface area (Å²) in [7, 11) is 3.93. The summed E-state index contributed by atoms with van der Waals surface area (Å²) in [4.78, 5) is 17.6. The lowest BCUT2D eigenvalue weighted by atomic mass is 10.2. The molecule has 1 heterocycles. The second-order valence-electron chi connectivity index (χ2n) is 4.54. The monoisotopic (exact) mass is 234 g/mol. The van der Waals surface area contributed by atoms with Crippen LogP contribution < -0.4 is 0 Å². The molecule has 0 bridgehead atoms. The largest absolute Gasteiger partial charge is 0.398 e. The Morgan fingerprint density at radius 1 is 1.35 bits per heavy atom. The molecular weight excluding hydrogens is 216 g/mol. The van der Waals surface area contributed by atoms with Crippen LogP contribution in [-0.4, -0.2) is 48.2 Å². The Morgan fingerprint density at radius 2 is 2.00 bits per heavy atom. The Morgan fingerprint density at radius 3 is 2.53 bits per heavy atom. The summed E-state index contributed by atoms with van der Waals surface area (Å²) in [6.45, 7) is 3.69. The minimum Gasteiger partial charge on any atom is -0.261 e. The maximum absolute atomic E-state index is 12.0. The SMILES string of the molecule is CC1=[N+](C)CC[N+]1(C)OC(=O)c1ccccc1. The van der Waals surface area contributed by atoms with Crippen LogP contribution in [0.4, 0.5) is 0 Å². The van der Waals surface area contributed by atoms with Crippen LogP contribution in [0.1, 0.15) is 17.3 Å². The third-order valence-electron chi connectivity index (χ3n) is 3.39. The van der Waals surface area contributed by atoms with Gasteiger partial charge in [0.1, 0.15) is 14.1 Å². The quantitative estimate of drug-likeness (QED) is 0.570. The van der Waals surface area contributed by atoms with Crippen molar-refractivity contribution in [3.63, 3.8) is 0 Å². The van der Waals surface area contributed by atoms with Gasteiger partial charge in [0, 0.05) is 0 Å². The van der Waals surface area contributed by atoms with E-state index in [0.29, 0.717) is 5.56 Å². The van der Waals surface area contributed by atoms with Crippen molar-refractivity contribution < 1.29 is 18.9 Å². The zero-order chi connectivity index (χ0) is 12.5. The fourth-order valence-corrected chi connectivity index (χ4v) is 1.95. The zero-order valence-electron chi connectivity index (χ0n) is 10.5. The van der Waals surface area contributed by atoms with Gasteiger partial charge in [0.05, 0.1) is 12.5 Å². The van der Waals surface area contributed by atoms with Crippen molar-refractivity contribution in [1.82, 2.24) is 0 Å². The number of hydrogen-bond acceptors (Lipinski definition) is 2. The van der Waals surface area contributed by atoms with Crippen molar-refractivity contribution in [3.05, 3.63) is 35.9 Å². The molecule has 0 N–H and O–H groups in total. The molecule has 1 aliphatic rings. The van der Waals surface area contributed by atoms with Crippen LogP contribution in [0, 0.1) is 0 Å². The van der Waals surface area contributed by atoms with Gasteiger partial charge in [-0.25, -0.2) is 4.79 Å². The average Bonchev–Trinajstić information content (AvgIpc) is 2.59. The smallest absolute Gasteiger partial charge is 0.261 e. The third kappa shape index (κ3) is 2.22. The fraction of sp³-hybridized carbons (Fsp3) is 0.385. The third-order valence-corrected chi connectivity index (χ3v) is 3.39. The number of carbonyl (C=O) groups excluding carboxylic acids is 1. The summed E-state index contributed by atoms with van der Waals surface area (Å²) in [5.74, 6) is 0.775. The highest BCUT2D eigenvalue weighted by atomic mass is 16.7. The summed E-state index contributed by atoms with van der Waals surface area (Å²) in [5.41, 5.74) is 0.592. The van der Waals surface area contributed by atoms with Gasteiger partial charge < -0.3 is 0 Å². The van der Waals surface area contributed by atoms with E-state index in [4.69, 9.17) is 4.84 Å². The average molecular weight is 234 g/mol. The van der Waals surface area contributed by atoms with E-state index in [9.17, 15) is 4.79 Å². The van der Waals surface area contributed by atoms with Crippen LogP contribution in [0.3, 0.4) is 0 Å². The lowest BCUT2D eigenvalue weighted by Crippen LogP contribution is -2.47. The van der Waals surface area contributed by atoms with Gasteiger partial charge in [0.2, 0.25) is 6.54 Å². The molecule has 4 nitrogen and oxygen atoms in total. The Labute approximate surface area is 101 Å². The molecule has 0 radical (unpaired) electrons. The molecule has 0 spiro atoms. The maximum atomic E-state index is 12.0. The zero-order valence-corrected chi connectivity index (χ0v) is 10.5. The molecule has 0 fully saturated rings. The number of carbonyl (C=O) groups is 1. The number of rotatable bonds is 2. The van der Waals surface area contributed by atoms with Crippen molar-refractivity contribution in [1.29, 1.82) is 0 Å². The van der Waals surface area contributed by atoms with Gasteiger partial charge in [0.15, 0.2) is 6.54 Å². The van der Waals surface area contributed by atoms with Crippen molar-refractivity contribution in [3.8, 4) is 0 Å². The molecule has 0 saturated carbocycles. The number of benzene rings is 1. The molecule has 2 rings (SSSR count). The van der Waals surface area contributed by atoms with Crippen LogP contribution in [0.5, 0.6) is 0 Å². The first-order valence-electron chi connectivity index (χ1n) is 5.73. The van der Waals surface area contributed by atoms with Crippen LogP contribution >= 0.6 is 0 Å². The molecular formula is C13H18N2O2+2. The first-order chi connectivity index (χ1) is 8.03. The molecule has 1 aliphatic heterocycles. The minimum absolute atomic E-state index is 0.240. The predicted octanol–water partition coefficient (Wildman–Crippen LogP) is 1.28. The van der Waals surface area contributed by atoms with E-state index in [1.807, 2.05) is 39.2 Å². The van der Waals surface area contributed by atoms with Gasteiger partial charge in [-0.1, -0.05) is 18.2 Å². The summed E-state index contributed by atoms with van der Waals surface area (Å²) in [6.07, 6.45) is 0. The van der Waals surface area contributed by atoms with Gasteiger partial charge in [-0.3, -0.25) is 4.84 Å². The van der Waals surface area contributed by atoms with Crippen LogP contribution in [0.2, 0.25) is 0 Å². The summed E-state index contributed by atoms with van der Waals surface area (Å²) < 4.78 is 2.35. The lowest BCUT2D eigenvalue weighted by Gasteiger charge is -2.21. The number of quaternary nitrogens is 1. The van der Waals surface area contributed by atoms with Crippen molar-refractivity contribution in [2.75, 3.05) is 27.2 Å². The van der Waals surface area contributed by atoms with Gasteiger partial charge in [-0.15, -0.1) is 0 Å². The van der Waals surface area contributed by atoms with Crippen molar-refractivity contribution in [2.24, 2.45) is 0 Å². The topological polar surface area (TPSA) is 29.3 Å². The summed E-state index contributed by atoms with van der Waals surface area (Å²) in [6, 6.07) is 9.09. The van der Waals surface area contributed by atoms with E-state index < -0.39 is 0 Å². The fourth-order valence-electron chi connectivity index (χ4n) is 1.95. The highest BCUT2D eigenvalue weighted by Crippen LogP contribution is 2.14. The summed E-state index contributed by atoms with van der Waals surface area (Å²) >= 11 is 0. The predicted molar refractivity (Wildman–Crippen MR) is 64.6 cm³/mol. The first-order valence-corrected chi connectivity index (χ1v) is 5.73. The number of hydroxylamine groups is 3. The molecule has 0 saturated heterocycles. The normalized spacial score (nSPS) is 23.9. The Bertz CT molecular complexity index is 468. The Balaban J connectivity index is 2.15. The second kappa shape index (κ2) is 4.30. The highest BCUT2D eigenvalue weighted by Gasteiger charge is 2.44. The van der Waals surface area contributed by atoms with E-state index in [1.165, 1.54) is 0 Å². The van der Waals surface area contributed by atoms with E-state index in [0.717, 1.165) is 18.9 Å². The molecule has 90 valence electrons. The maximum Gasteiger partial charge on any atom is 0.398 e. The van der Waals surface area contributed by atoms with E-state index in [1.54, 1.807) is 12.1 Å². The first kappa shape index (κ1) is 11.8. The number of nitrogens with zero attached hydrogens (tertiary/aromatic N) is 2. The molecule has 0 aliphatic carbocycles. The number of likely N-dealkylation sites (N-methyl/N-ethyl adjacent to an activating group) is 2. The molecule has 0 amide bonds. The van der Waals surface area contributed by atoms with E-state index in [2.05, 4.69) is 4.58 Å². The molecule has 4 heteroatoms. The molecule has 1 atom stereocenters. The van der Waals surface area contributed by atoms with E-state index >= 15 is 0 Å². The highest BCUT2D eigenvalue weighted by molar-refractivity contribution is 5.89. The number of hydrogen-bond donors (Lipinski definition) is 0. The minimum atomic E-state index is -0.275. The molecule has 17 heavy (non-hydrogen) atoms. The van der Waals surface area contributed by atoms with Gasteiger partial charge >= 0.3 is 11.8 Å². The van der Waals surface area contributed by atoms with Crippen LogP contribution in [-0.2, 0) is 4.84 Å². The van der Waals surface area contributed by atoms with Crippen LogP contribution in [0.15, 0.2) is 30.3 Å². The molecule has 1 unspecified atom stereocenters.